The third kappa shape index (κ3) is 3.79. The zero-order valence-corrected chi connectivity index (χ0v) is 10.3. The Morgan fingerprint density at radius 2 is 2.12 bits per heavy atom. The van der Waals surface area contributed by atoms with E-state index in [9.17, 15) is 5.11 Å². The molecular formula is C12H21N3O. The third-order valence-electron chi connectivity index (χ3n) is 2.28. The lowest BCUT2D eigenvalue weighted by atomic mass is 10.1. The molecule has 0 spiro atoms. The Morgan fingerprint density at radius 1 is 1.44 bits per heavy atom. The van der Waals surface area contributed by atoms with E-state index < -0.39 is 5.60 Å². The molecule has 4 nitrogen and oxygen atoms in total. The van der Waals surface area contributed by atoms with Crippen molar-refractivity contribution >= 4 is 5.82 Å². The maximum absolute atomic E-state index is 9.81. The third-order valence-corrected chi connectivity index (χ3v) is 2.28. The smallest absolute Gasteiger partial charge is 0.128 e. The van der Waals surface area contributed by atoms with Gasteiger partial charge in [-0.1, -0.05) is 6.07 Å². The minimum atomic E-state index is -0.726. The van der Waals surface area contributed by atoms with Crippen LogP contribution in [0.15, 0.2) is 18.2 Å². The molecule has 1 rings (SSSR count). The van der Waals surface area contributed by atoms with E-state index in [1.54, 1.807) is 13.8 Å². The molecule has 0 saturated heterocycles. The van der Waals surface area contributed by atoms with E-state index >= 15 is 0 Å². The first-order chi connectivity index (χ1) is 7.46. The van der Waals surface area contributed by atoms with Crippen molar-refractivity contribution < 1.29 is 5.11 Å². The van der Waals surface area contributed by atoms with Crippen molar-refractivity contribution in [2.24, 2.45) is 5.73 Å². The van der Waals surface area contributed by atoms with Crippen molar-refractivity contribution in [1.29, 1.82) is 0 Å². The second kappa shape index (κ2) is 5.27. The Balaban J connectivity index is 2.86. The fourth-order valence-corrected chi connectivity index (χ4v) is 1.58. The van der Waals surface area contributed by atoms with Crippen LogP contribution in [0.1, 0.15) is 26.5 Å². The highest BCUT2D eigenvalue weighted by molar-refractivity contribution is 5.39. The molecule has 0 aliphatic rings. The molecule has 1 heterocycles. The quantitative estimate of drug-likeness (QED) is 0.785. The number of pyridine rings is 1. The van der Waals surface area contributed by atoms with Gasteiger partial charge in [-0.2, -0.15) is 0 Å². The van der Waals surface area contributed by atoms with E-state index in [4.69, 9.17) is 5.73 Å². The Labute approximate surface area is 97.1 Å². The van der Waals surface area contributed by atoms with Crippen LogP contribution in [0.5, 0.6) is 0 Å². The number of aromatic nitrogens is 1. The van der Waals surface area contributed by atoms with Crippen LogP contribution in [0.3, 0.4) is 0 Å². The molecule has 3 N–H and O–H groups in total. The Kier molecular flexibility index (Phi) is 4.26. The number of nitrogens with zero attached hydrogens (tertiary/aromatic N) is 2. The minimum absolute atomic E-state index is 0.438. The number of hydrogen-bond donors (Lipinski definition) is 2. The zero-order chi connectivity index (χ0) is 12.2. The number of likely N-dealkylation sites (N-methyl/N-ethyl adjacent to an activating group) is 1. The van der Waals surface area contributed by atoms with Crippen molar-refractivity contribution in [3.63, 3.8) is 0 Å². The van der Waals surface area contributed by atoms with Crippen molar-refractivity contribution in [2.45, 2.75) is 32.9 Å². The zero-order valence-electron chi connectivity index (χ0n) is 10.3. The van der Waals surface area contributed by atoms with E-state index in [0.717, 1.165) is 18.1 Å². The highest BCUT2D eigenvalue weighted by atomic mass is 16.3. The molecule has 0 aromatic carbocycles. The lowest BCUT2D eigenvalue weighted by Gasteiger charge is -2.29. The second-order valence-electron chi connectivity index (χ2n) is 4.52. The molecule has 0 aliphatic heterocycles. The summed E-state index contributed by atoms with van der Waals surface area (Å²) in [5, 5.41) is 9.81. The summed E-state index contributed by atoms with van der Waals surface area (Å²) < 4.78 is 0. The van der Waals surface area contributed by atoms with Crippen molar-refractivity contribution in [1.82, 2.24) is 4.98 Å². The van der Waals surface area contributed by atoms with Gasteiger partial charge < -0.3 is 15.7 Å². The highest BCUT2D eigenvalue weighted by Gasteiger charge is 2.18. The lowest BCUT2D eigenvalue weighted by molar-refractivity contribution is 0.0874. The molecule has 1 aromatic rings. The van der Waals surface area contributed by atoms with Crippen LogP contribution in [0, 0.1) is 0 Å². The molecule has 0 amide bonds. The standard InChI is InChI=1S/C12H21N3O/c1-4-15(9-12(2,3)16)11-7-5-6-10(8-13)14-11/h5-7,16H,4,8-9,13H2,1-3H3. The predicted octanol–water partition coefficient (Wildman–Crippen LogP) is 1.14. The first-order valence-corrected chi connectivity index (χ1v) is 5.59. The topological polar surface area (TPSA) is 62.4 Å². The van der Waals surface area contributed by atoms with Gasteiger partial charge in [-0.05, 0) is 32.9 Å². The van der Waals surface area contributed by atoms with Crippen LogP contribution in [0.2, 0.25) is 0 Å². The summed E-state index contributed by atoms with van der Waals surface area (Å²) in [4.78, 5) is 6.48. The van der Waals surface area contributed by atoms with Gasteiger partial charge >= 0.3 is 0 Å². The van der Waals surface area contributed by atoms with Gasteiger partial charge in [0.25, 0.3) is 0 Å². The van der Waals surface area contributed by atoms with Gasteiger partial charge in [0.2, 0.25) is 0 Å². The van der Waals surface area contributed by atoms with Gasteiger partial charge in [0.1, 0.15) is 5.82 Å². The first kappa shape index (κ1) is 12.9. The van der Waals surface area contributed by atoms with Crippen LogP contribution in [-0.2, 0) is 6.54 Å². The number of nitrogens with two attached hydrogens (primary N) is 1. The van der Waals surface area contributed by atoms with Crippen LogP contribution < -0.4 is 10.6 Å². The van der Waals surface area contributed by atoms with E-state index in [1.807, 2.05) is 30.0 Å². The number of hydrogen-bond acceptors (Lipinski definition) is 4. The summed E-state index contributed by atoms with van der Waals surface area (Å²) in [6.07, 6.45) is 0. The molecule has 0 bridgehead atoms. The Hall–Kier alpha value is -1.13. The maximum atomic E-state index is 9.81. The predicted molar refractivity (Wildman–Crippen MR) is 66.3 cm³/mol. The van der Waals surface area contributed by atoms with Crippen molar-refractivity contribution in [2.75, 3.05) is 18.0 Å². The molecule has 0 saturated carbocycles. The Morgan fingerprint density at radius 3 is 2.62 bits per heavy atom. The van der Waals surface area contributed by atoms with Gasteiger partial charge in [0.05, 0.1) is 11.3 Å². The fourth-order valence-electron chi connectivity index (χ4n) is 1.58. The summed E-state index contributed by atoms with van der Waals surface area (Å²) in [6.45, 7) is 7.44. The molecule has 0 aliphatic carbocycles. The van der Waals surface area contributed by atoms with Gasteiger partial charge in [0, 0.05) is 19.6 Å². The summed E-state index contributed by atoms with van der Waals surface area (Å²) >= 11 is 0. The SMILES string of the molecule is CCN(CC(C)(C)O)c1cccc(CN)n1. The molecule has 16 heavy (non-hydrogen) atoms. The van der Waals surface area contributed by atoms with Crippen LogP contribution in [-0.4, -0.2) is 28.8 Å². The van der Waals surface area contributed by atoms with Gasteiger partial charge in [-0.3, -0.25) is 0 Å². The van der Waals surface area contributed by atoms with Crippen LogP contribution in [0.4, 0.5) is 5.82 Å². The van der Waals surface area contributed by atoms with E-state index in [-0.39, 0.29) is 0 Å². The van der Waals surface area contributed by atoms with Crippen LogP contribution in [0.25, 0.3) is 0 Å². The van der Waals surface area contributed by atoms with E-state index in [0.29, 0.717) is 13.1 Å². The summed E-state index contributed by atoms with van der Waals surface area (Å²) in [6, 6.07) is 5.79. The minimum Gasteiger partial charge on any atom is -0.389 e. The second-order valence-corrected chi connectivity index (χ2v) is 4.52. The van der Waals surface area contributed by atoms with Gasteiger partial charge in [-0.25, -0.2) is 4.98 Å². The largest absolute Gasteiger partial charge is 0.389 e. The molecule has 1 aromatic heterocycles. The average molecular weight is 223 g/mol. The average Bonchev–Trinajstić information content (AvgIpc) is 2.25. The molecule has 0 unspecified atom stereocenters. The maximum Gasteiger partial charge on any atom is 0.128 e. The van der Waals surface area contributed by atoms with E-state index in [1.165, 1.54) is 0 Å². The van der Waals surface area contributed by atoms with Crippen molar-refractivity contribution in [3.05, 3.63) is 23.9 Å². The summed E-state index contributed by atoms with van der Waals surface area (Å²) in [7, 11) is 0. The normalized spacial score (nSPS) is 11.6. The lowest BCUT2D eigenvalue weighted by Crippen LogP contribution is -2.39. The number of rotatable bonds is 5. The first-order valence-electron chi connectivity index (χ1n) is 5.59. The molecule has 90 valence electrons. The summed E-state index contributed by atoms with van der Waals surface area (Å²) in [5.41, 5.74) is 5.70. The van der Waals surface area contributed by atoms with Gasteiger partial charge in [0.15, 0.2) is 0 Å². The highest BCUT2D eigenvalue weighted by Crippen LogP contribution is 2.14. The van der Waals surface area contributed by atoms with Crippen LogP contribution >= 0.6 is 0 Å². The van der Waals surface area contributed by atoms with Crippen molar-refractivity contribution in [3.8, 4) is 0 Å². The number of anilines is 1. The monoisotopic (exact) mass is 223 g/mol. The van der Waals surface area contributed by atoms with Gasteiger partial charge in [-0.15, -0.1) is 0 Å². The Bertz CT molecular complexity index is 333. The molecule has 0 radical (unpaired) electrons. The molecular weight excluding hydrogens is 202 g/mol. The number of aliphatic hydroxyl groups is 1. The fraction of sp³-hybridized carbons (Fsp3) is 0.583. The molecule has 0 atom stereocenters. The summed E-state index contributed by atoms with van der Waals surface area (Å²) in [5.74, 6) is 0.868. The van der Waals surface area contributed by atoms with E-state index in [2.05, 4.69) is 4.98 Å². The molecule has 4 heteroatoms. The molecule has 0 fully saturated rings.